The zero-order chi connectivity index (χ0) is 15.0. The standard InChI is InChI=1S/C13H24N2O4/c1-7(2)6-13(8(3)16,9(4)17)12(5)10(18)14-11(19)15-12/h7-9,16-17H,6H2,1-5H3,(H2,14,15,18,19). The highest BCUT2D eigenvalue weighted by atomic mass is 16.3. The predicted molar refractivity (Wildman–Crippen MR) is 70.3 cm³/mol. The van der Waals surface area contributed by atoms with Gasteiger partial charge in [0.25, 0.3) is 5.91 Å². The topological polar surface area (TPSA) is 98.7 Å². The minimum atomic E-state index is -1.34. The summed E-state index contributed by atoms with van der Waals surface area (Å²) in [6.45, 7) is 8.51. The van der Waals surface area contributed by atoms with Crippen LogP contribution in [0.15, 0.2) is 0 Å². The second kappa shape index (κ2) is 5.09. The predicted octanol–water partition coefficient (Wildman–Crippen LogP) is 0.379. The summed E-state index contributed by atoms with van der Waals surface area (Å²) in [5.41, 5.74) is -2.48. The molecule has 0 spiro atoms. The average Bonchev–Trinajstić information content (AvgIpc) is 2.48. The van der Waals surface area contributed by atoms with Gasteiger partial charge in [0.15, 0.2) is 0 Å². The number of hydrogen-bond acceptors (Lipinski definition) is 4. The monoisotopic (exact) mass is 272 g/mol. The number of urea groups is 1. The minimum Gasteiger partial charge on any atom is -0.393 e. The van der Waals surface area contributed by atoms with Crippen molar-refractivity contribution in [2.24, 2.45) is 11.3 Å². The maximum atomic E-state index is 12.1. The van der Waals surface area contributed by atoms with Gasteiger partial charge in [-0.15, -0.1) is 0 Å². The maximum absolute atomic E-state index is 12.1. The first-order chi connectivity index (χ1) is 8.57. The third-order valence-corrected chi connectivity index (χ3v) is 4.21. The van der Waals surface area contributed by atoms with Gasteiger partial charge in [-0.2, -0.15) is 0 Å². The van der Waals surface area contributed by atoms with Crippen molar-refractivity contribution in [1.29, 1.82) is 0 Å². The van der Waals surface area contributed by atoms with Crippen LogP contribution in [0.5, 0.6) is 0 Å². The number of aliphatic hydroxyl groups excluding tert-OH is 2. The fourth-order valence-corrected chi connectivity index (χ4v) is 3.28. The maximum Gasteiger partial charge on any atom is 0.322 e. The van der Waals surface area contributed by atoms with Crippen molar-refractivity contribution >= 4 is 11.9 Å². The first kappa shape index (κ1) is 15.9. The zero-order valence-electron chi connectivity index (χ0n) is 12.2. The highest BCUT2D eigenvalue weighted by Crippen LogP contribution is 2.45. The first-order valence-electron chi connectivity index (χ1n) is 6.57. The normalized spacial score (nSPS) is 29.7. The molecule has 0 aliphatic carbocycles. The van der Waals surface area contributed by atoms with E-state index in [4.69, 9.17) is 0 Å². The average molecular weight is 272 g/mol. The zero-order valence-corrected chi connectivity index (χ0v) is 12.2. The summed E-state index contributed by atoms with van der Waals surface area (Å²) in [7, 11) is 0. The Balaban J connectivity index is 3.37. The Kier molecular flexibility index (Phi) is 4.27. The van der Waals surface area contributed by atoms with Crippen LogP contribution in [0.2, 0.25) is 0 Å². The first-order valence-corrected chi connectivity index (χ1v) is 6.57. The summed E-state index contributed by atoms with van der Waals surface area (Å²) in [5.74, 6) is -0.369. The van der Waals surface area contributed by atoms with Crippen LogP contribution in [0.1, 0.15) is 41.0 Å². The van der Waals surface area contributed by atoms with Crippen molar-refractivity contribution in [3.8, 4) is 0 Å². The van der Waals surface area contributed by atoms with Crippen LogP contribution in [0.25, 0.3) is 0 Å². The molecule has 3 amide bonds. The second-order valence-corrected chi connectivity index (χ2v) is 6.02. The van der Waals surface area contributed by atoms with Crippen LogP contribution in [-0.4, -0.2) is 39.9 Å². The fourth-order valence-electron chi connectivity index (χ4n) is 3.28. The van der Waals surface area contributed by atoms with Gasteiger partial charge in [-0.1, -0.05) is 13.8 Å². The van der Waals surface area contributed by atoms with Crippen molar-refractivity contribution in [1.82, 2.24) is 10.6 Å². The van der Waals surface area contributed by atoms with E-state index in [2.05, 4.69) is 10.6 Å². The summed E-state index contributed by atoms with van der Waals surface area (Å²) in [5, 5.41) is 25.2. The summed E-state index contributed by atoms with van der Waals surface area (Å²) in [6.07, 6.45) is -1.50. The molecule has 6 nitrogen and oxygen atoms in total. The number of nitrogens with one attached hydrogen (secondary N) is 2. The van der Waals surface area contributed by atoms with Crippen molar-refractivity contribution in [2.45, 2.75) is 58.8 Å². The molecular weight excluding hydrogens is 248 g/mol. The van der Waals surface area contributed by atoms with E-state index in [9.17, 15) is 19.8 Å². The Labute approximate surface area is 113 Å². The van der Waals surface area contributed by atoms with Crippen molar-refractivity contribution in [3.05, 3.63) is 0 Å². The number of rotatable bonds is 5. The quantitative estimate of drug-likeness (QED) is 0.544. The van der Waals surface area contributed by atoms with Crippen molar-refractivity contribution < 1.29 is 19.8 Å². The van der Waals surface area contributed by atoms with E-state index in [1.165, 1.54) is 13.8 Å². The lowest BCUT2D eigenvalue weighted by molar-refractivity contribution is -0.148. The van der Waals surface area contributed by atoms with Crippen LogP contribution in [0.4, 0.5) is 4.79 Å². The van der Waals surface area contributed by atoms with E-state index in [1.807, 2.05) is 13.8 Å². The van der Waals surface area contributed by atoms with E-state index < -0.39 is 35.1 Å². The van der Waals surface area contributed by atoms with Gasteiger partial charge >= 0.3 is 6.03 Å². The molecule has 3 atom stereocenters. The third kappa shape index (κ3) is 2.34. The molecule has 6 heteroatoms. The van der Waals surface area contributed by atoms with Crippen LogP contribution in [0, 0.1) is 11.3 Å². The molecule has 0 aromatic rings. The molecule has 0 bridgehead atoms. The highest BCUT2D eigenvalue weighted by molar-refractivity contribution is 6.07. The number of amides is 3. The van der Waals surface area contributed by atoms with Gasteiger partial charge in [0.05, 0.1) is 17.6 Å². The largest absolute Gasteiger partial charge is 0.393 e. The Morgan fingerprint density at radius 2 is 1.63 bits per heavy atom. The lowest BCUT2D eigenvalue weighted by Gasteiger charge is -2.49. The molecule has 0 aromatic carbocycles. The van der Waals surface area contributed by atoms with Gasteiger partial charge in [-0.05, 0) is 33.1 Å². The summed E-state index contributed by atoms with van der Waals surface area (Å²) in [6, 6.07) is -0.595. The van der Waals surface area contributed by atoms with Crippen molar-refractivity contribution in [2.75, 3.05) is 0 Å². The van der Waals surface area contributed by atoms with E-state index >= 15 is 0 Å². The summed E-state index contributed by atoms with van der Waals surface area (Å²) in [4.78, 5) is 23.6. The number of carbonyl (C=O) groups excluding carboxylic acids is 2. The molecule has 0 aromatic heterocycles. The Bertz CT molecular complexity index is 371. The fraction of sp³-hybridized carbons (Fsp3) is 0.846. The van der Waals surface area contributed by atoms with Gasteiger partial charge in [-0.3, -0.25) is 10.1 Å². The van der Waals surface area contributed by atoms with E-state index in [0.29, 0.717) is 6.42 Å². The van der Waals surface area contributed by atoms with Crippen LogP contribution >= 0.6 is 0 Å². The Hall–Kier alpha value is -1.14. The van der Waals surface area contributed by atoms with E-state index in [-0.39, 0.29) is 5.92 Å². The van der Waals surface area contributed by atoms with Gasteiger partial charge in [0.2, 0.25) is 0 Å². The van der Waals surface area contributed by atoms with Gasteiger partial charge in [0.1, 0.15) is 5.54 Å². The molecule has 1 heterocycles. The van der Waals surface area contributed by atoms with Crippen LogP contribution in [0.3, 0.4) is 0 Å². The molecule has 110 valence electrons. The summed E-state index contributed by atoms with van der Waals surface area (Å²) < 4.78 is 0. The van der Waals surface area contributed by atoms with Gasteiger partial charge < -0.3 is 15.5 Å². The van der Waals surface area contributed by atoms with Gasteiger partial charge in [-0.25, -0.2) is 4.79 Å². The molecule has 1 saturated heterocycles. The molecule has 4 N–H and O–H groups in total. The molecule has 1 fully saturated rings. The third-order valence-electron chi connectivity index (χ3n) is 4.21. The second-order valence-electron chi connectivity index (χ2n) is 6.02. The molecule has 1 rings (SSSR count). The van der Waals surface area contributed by atoms with Crippen molar-refractivity contribution in [3.63, 3.8) is 0 Å². The number of carbonyl (C=O) groups is 2. The highest BCUT2D eigenvalue weighted by Gasteiger charge is 2.62. The SMILES string of the molecule is CC(C)CC(C(C)O)(C(C)O)C1(C)NC(=O)NC1=O. The Morgan fingerprint density at radius 3 is 1.89 bits per heavy atom. The smallest absolute Gasteiger partial charge is 0.322 e. The molecule has 1 aliphatic rings. The van der Waals surface area contributed by atoms with E-state index in [0.717, 1.165) is 0 Å². The number of aliphatic hydroxyl groups is 2. The lowest BCUT2D eigenvalue weighted by atomic mass is 9.60. The van der Waals surface area contributed by atoms with Crippen LogP contribution < -0.4 is 10.6 Å². The van der Waals surface area contributed by atoms with Crippen LogP contribution in [-0.2, 0) is 4.79 Å². The number of hydrogen-bond donors (Lipinski definition) is 4. The Morgan fingerprint density at radius 1 is 1.16 bits per heavy atom. The minimum absolute atomic E-state index is 0.145. The summed E-state index contributed by atoms with van der Waals surface area (Å²) >= 11 is 0. The number of imide groups is 1. The van der Waals surface area contributed by atoms with E-state index in [1.54, 1.807) is 6.92 Å². The molecule has 19 heavy (non-hydrogen) atoms. The molecule has 1 aliphatic heterocycles. The molecule has 0 saturated carbocycles. The molecule has 0 radical (unpaired) electrons. The van der Waals surface area contributed by atoms with Gasteiger partial charge in [0, 0.05) is 0 Å². The molecular formula is C13H24N2O4. The molecule has 3 unspecified atom stereocenters. The lowest BCUT2D eigenvalue weighted by Crippen LogP contribution is -2.66.